The third-order valence-corrected chi connectivity index (χ3v) is 2.67. The number of nitrogens with one attached hydrogen (secondary N) is 1. The van der Waals surface area contributed by atoms with Crippen LogP contribution in [0.3, 0.4) is 0 Å². The van der Waals surface area contributed by atoms with Gasteiger partial charge in [-0.05, 0) is 50.6 Å². The first-order valence-corrected chi connectivity index (χ1v) is 6.76. The molecular formula is C12H25N5O. The van der Waals surface area contributed by atoms with Gasteiger partial charge in [-0.25, -0.2) is 4.68 Å². The molecule has 0 bridgehead atoms. The fraction of sp³-hybridized carbons (Fsp3) is 0.917. The normalized spacial score (nSPS) is 13.2. The topological polar surface area (TPSA) is 64.9 Å². The summed E-state index contributed by atoms with van der Waals surface area (Å²) in [5.41, 5.74) is 0. The van der Waals surface area contributed by atoms with Crippen molar-refractivity contribution in [1.82, 2.24) is 25.5 Å². The molecule has 0 aliphatic carbocycles. The first kappa shape index (κ1) is 15.0. The average molecular weight is 255 g/mol. The average Bonchev–Trinajstić information content (AvgIpc) is 2.77. The summed E-state index contributed by atoms with van der Waals surface area (Å²) in [5, 5.41) is 15.2. The van der Waals surface area contributed by atoms with Crippen molar-refractivity contribution < 1.29 is 4.74 Å². The third-order valence-electron chi connectivity index (χ3n) is 2.67. The molecule has 1 rings (SSSR count). The first-order chi connectivity index (χ1) is 8.65. The van der Waals surface area contributed by atoms with E-state index in [4.69, 9.17) is 4.74 Å². The molecule has 104 valence electrons. The van der Waals surface area contributed by atoms with Crippen LogP contribution in [0.15, 0.2) is 0 Å². The predicted molar refractivity (Wildman–Crippen MR) is 70.2 cm³/mol. The number of rotatable bonds is 9. The van der Waals surface area contributed by atoms with E-state index in [1.54, 1.807) is 0 Å². The number of tetrazole rings is 1. The van der Waals surface area contributed by atoms with Gasteiger partial charge in [-0.2, -0.15) is 0 Å². The lowest BCUT2D eigenvalue weighted by atomic mass is 10.3. The van der Waals surface area contributed by atoms with E-state index in [-0.39, 0.29) is 6.04 Å². The van der Waals surface area contributed by atoms with Crippen molar-refractivity contribution in [1.29, 1.82) is 0 Å². The van der Waals surface area contributed by atoms with Gasteiger partial charge in [-0.15, -0.1) is 5.10 Å². The van der Waals surface area contributed by atoms with Crippen molar-refractivity contribution in [3.8, 4) is 0 Å². The maximum atomic E-state index is 5.50. The molecular weight excluding hydrogens is 230 g/mol. The second kappa shape index (κ2) is 8.16. The Bertz CT molecular complexity index is 326. The fourth-order valence-corrected chi connectivity index (χ4v) is 1.76. The Kier molecular flexibility index (Phi) is 6.82. The largest absolute Gasteiger partial charge is 0.379 e. The standard InChI is InChI=1S/C12H25N5O/c1-5-13-11(4)12-14-15-16-17(12)8-6-7-9-18-10(2)3/h10-11,13H,5-9H2,1-4H3. The van der Waals surface area contributed by atoms with Gasteiger partial charge in [0.1, 0.15) is 0 Å². The van der Waals surface area contributed by atoms with E-state index in [0.29, 0.717) is 6.10 Å². The Hall–Kier alpha value is -1.01. The van der Waals surface area contributed by atoms with Crippen LogP contribution in [0, 0.1) is 0 Å². The number of aromatic nitrogens is 4. The smallest absolute Gasteiger partial charge is 0.167 e. The van der Waals surface area contributed by atoms with E-state index < -0.39 is 0 Å². The molecule has 0 saturated carbocycles. The maximum absolute atomic E-state index is 5.50. The SMILES string of the molecule is CCNC(C)c1nnnn1CCCCOC(C)C. The Balaban J connectivity index is 2.31. The number of unbranched alkanes of at least 4 members (excludes halogenated alkanes) is 1. The van der Waals surface area contributed by atoms with Crippen LogP contribution in [0.4, 0.5) is 0 Å². The minimum Gasteiger partial charge on any atom is -0.379 e. The van der Waals surface area contributed by atoms with E-state index in [9.17, 15) is 0 Å². The van der Waals surface area contributed by atoms with Gasteiger partial charge < -0.3 is 10.1 Å². The van der Waals surface area contributed by atoms with E-state index in [1.807, 2.05) is 4.68 Å². The molecule has 1 aromatic heterocycles. The molecule has 6 nitrogen and oxygen atoms in total. The summed E-state index contributed by atoms with van der Waals surface area (Å²) in [7, 11) is 0. The van der Waals surface area contributed by atoms with Crippen molar-refractivity contribution in [2.45, 2.75) is 59.2 Å². The van der Waals surface area contributed by atoms with Gasteiger partial charge in [0.25, 0.3) is 0 Å². The molecule has 0 fully saturated rings. The molecule has 1 atom stereocenters. The summed E-state index contributed by atoms with van der Waals surface area (Å²) in [5.74, 6) is 0.904. The van der Waals surface area contributed by atoms with Crippen molar-refractivity contribution in [3.05, 3.63) is 5.82 Å². The summed E-state index contributed by atoms with van der Waals surface area (Å²) >= 11 is 0. The second-order valence-corrected chi connectivity index (χ2v) is 4.67. The van der Waals surface area contributed by atoms with Crippen molar-refractivity contribution in [2.75, 3.05) is 13.2 Å². The number of ether oxygens (including phenoxy) is 1. The van der Waals surface area contributed by atoms with Crippen LogP contribution >= 0.6 is 0 Å². The Morgan fingerprint density at radius 2 is 2.06 bits per heavy atom. The molecule has 18 heavy (non-hydrogen) atoms. The van der Waals surface area contributed by atoms with Gasteiger partial charge in [0.15, 0.2) is 5.82 Å². The van der Waals surface area contributed by atoms with E-state index >= 15 is 0 Å². The zero-order valence-corrected chi connectivity index (χ0v) is 11.9. The quantitative estimate of drug-likeness (QED) is 0.678. The van der Waals surface area contributed by atoms with Gasteiger partial charge in [-0.1, -0.05) is 6.92 Å². The zero-order valence-electron chi connectivity index (χ0n) is 11.9. The Morgan fingerprint density at radius 1 is 1.28 bits per heavy atom. The van der Waals surface area contributed by atoms with Gasteiger partial charge in [0.05, 0.1) is 12.1 Å². The van der Waals surface area contributed by atoms with Crippen molar-refractivity contribution in [3.63, 3.8) is 0 Å². The molecule has 0 aliphatic heterocycles. The number of aryl methyl sites for hydroxylation is 1. The minimum absolute atomic E-state index is 0.192. The highest BCUT2D eigenvalue weighted by molar-refractivity contribution is 4.89. The molecule has 0 amide bonds. The van der Waals surface area contributed by atoms with Crippen LogP contribution < -0.4 is 5.32 Å². The number of hydrogen-bond donors (Lipinski definition) is 1. The molecule has 1 unspecified atom stereocenters. The number of nitrogens with zero attached hydrogens (tertiary/aromatic N) is 4. The van der Waals surface area contributed by atoms with Crippen LogP contribution in [0.2, 0.25) is 0 Å². The lowest BCUT2D eigenvalue weighted by Crippen LogP contribution is -2.22. The third kappa shape index (κ3) is 5.10. The maximum Gasteiger partial charge on any atom is 0.167 e. The number of hydrogen-bond acceptors (Lipinski definition) is 5. The first-order valence-electron chi connectivity index (χ1n) is 6.76. The highest BCUT2D eigenvalue weighted by Gasteiger charge is 2.12. The lowest BCUT2D eigenvalue weighted by molar-refractivity contribution is 0.0752. The molecule has 0 spiro atoms. The highest BCUT2D eigenvalue weighted by atomic mass is 16.5. The van der Waals surface area contributed by atoms with E-state index in [0.717, 1.165) is 38.4 Å². The summed E-state index contributed by atoms with van der Waals surface area (Å²) in [6.07, 6.45) is 2.37. The summed E-state index contributed by atoms with van der Waals surface area (Å²) in [6.45, 7) is 10.8. The van der Waals surface area contributed by atoms with Crippen LogP contribution in [-0.2, 0) is 11.3 Å². The molecule has 6 heteroatoms. The Labute approximate surface area is 109 Å². The van der Waals surface area contributed by atoms with Gasteiger partial charge in [-0.3, -0.25) is 0 Å². The van der Waals surface area contributed by atoms with E-state index in [1.165, 1.54) is 0 Å². The molecule has 1 N–H and O–H groups in total. The monoisotopic (exact) mass is 255 g/mol. The zero-order chi connectivity index (χ0) is 13.4. The lowest BCUT2D eigenvalue weighted by Gasteiger charge is -2.12. The van der Waals surface area contributed by atoms with Crippen LogP contribution in [-0.4, -0.2) is 39.5 Å². The molecule has 0 radical (unpaired) electrons. The highest BCUT2D eigenvalue weighted by Crippen LogP contribution is 2.08. The minimum atomic E-state index is 0.192. The summed E-state index contributed by atoms with van der Waals surface area (Å²) in [4.78, 5) is 0. The molecule has 0 aliphatic rings. The van der Waals surface area contributed by atoms with Crippen LogP contribution in [0.1, 0.15) is 52.4 Å². The Morgan fingerprint density at radius 3 is 2.72 bits per heavy atom. The summed E-state index contributed by atoms with van der Waals surface area (Å²) < 4.78 is 7.38. The molecule has 1 aromatic rings. The second-order valence-electron chi connectivity index (χ2n) is 4.67. The van der Waals surface area contributed by atoms with Gasteiger partial charge in [0, 0.05) is 13.2 Å². The van der Waals surface area contributed by atoms with Crippen LogP contribution in [0.25, 0.3) is 0 Å². The van der Waals surface area contributed by atoms with Gasteiger partial charge >= 0.3 is 0 Å². The predicted octanol–water partition coefficient (Wildman–Crippen LogP) is 1.55. The summed E-state index contributed by atoms with van der Waals surface area (Å²) in [6, 6.07) is 0.192. The van der Waals surface area contributed by atoms with Crippen molar-refractivity contribution >= 4 is 0 Å². The van der Waals surface area contributed by atoms with E-state index in [2.05, 4.69) is 48.5 Å². The van der Waals surface area contributed by atoms with Crippen LogP contribution in [0.5, 0.6) is 0 Å². The molecule has 0 aromatic carbocycles. The van der Waals surface area contributed by atoms with Gasteiger partial charge in [0.2, 0.25) is 0 Å². The molecule has 0 saturated heterocycles. The van der Waals surface area contributed by atoms with Crippen molar-refractivity contribution in [2.24, 2.45) is 0 Å². The fourth-order valence-electron chi connectivity index (χ4n) is 1.76. The molecule has 1 heterocycles.